The average Bonchev–Trinajstić information content (AvgIpc) is 2.41. The van der Waals surface area contributed by atoms with Gasteiger partial charge in [-0.2, -0.15) is 0 Å². The Balaban J connectivity index is 0.000000771. The van der Waals surface area contributed by atoms with Crippen LogP contribution in [0.5, 0.6) is 5.75 Å². The van der Waals surface area contributed by atoms with Gasteiger partial charge in [0.2, 0.25) is 0 Å². The van der Waals surface area contributed by atoms with Gasteiger partial charge in [0, 0.05) is 11.3 Å². The number of nitrogens with zero attached hydrogens (tertiary/aromatic N) is 1. The Bertz CT molecular complexity index is 458. The number of ether oxygens (including phenoxy) is 1. The first kappa shape index (κ1) is 14.5. The van der Waals surface area contributed by atoms with Crippen LogP contribution >= 0.6 is 0 Å². The molecule has 1 aliphatic heterocycles. The summed E-state index contributed by atoms with van der Waals surface area (Å²) < 4.78 is 5.25. The third kappa shape index (κ3) is 3.46. The zero-order valence-electron chi connectivity index (χ0n) is 12.1. The van der Waals surface area contributed by atoms with Crippen LogP contribution in [0.1, 0.15) is 44.7 Å². The van der Waals surface area contributed by atoms with Crippen molar-refractivity contribution < 1.29 is 4.74 Å². The molecule has 0 N–H and O–H groups in total. The fraction of sp³-hybridized carbons (Fsp3) is 0.438. The summed E-state index contributed by atoms with van der Waals surface area (Å²) in [6, 6.07) is 6.12. The third-order valence-corrected chi connectivity index (χ3v) is 2.88. The third-order valence-electron chi connectivity index (χ3n) is 2.88. The first-order valence-electron chi connectivity index (χ1n) is 6.60. The standard InChI is InChI=1S/C14H17NO.C2H6/c1-10-7-8-12(16-3)9-13(10)14-6-4-5-11(2)15-14;1-2/h6-9H,4-5H2,1-3H3;1-2H3. The zero-order valence-corrected chi connectivity index (χ0v) is 12.1. The van der Waals surface area contributed by atoms with Gasteiger partial charge in [-0.15, -0.1) is 0 Å². The topological polar surface area (TPSA) is 21.6 Å². The number of allylic oxidation sites excluding steroid dienone is 1. The molecule has 98 valence electrons. The maximum atomic E-state index is 5.25. The van der Waals surface area contributed by atoms with Gasteiger partial charge < -0.3 is 4.74 Å². The summed E-state index contributed by atoms with van der Waals surface area (Å²) >= 11 is 0. The van der Waals surface area contributed by atoms with Crippen molar-refractivity contribution in [2.24, 2.45) is 4.99 Å². The molecule has 1 heterocycles. The van der Waals surface area contributed by atoms with Crippen LogP contribution in [-0.4, -0.2) is 12.8 Å². The number of rotatable bonds is 2. The van der Waals surface area contributed by atoms with Crippen molar-refractivity contribution in [3.63, 3.8) is 0 Å². The highest BCUT2D eigenvalue weighted by Gasteiger charge is 2.09. The van der Waals surface area contributed by atoms with E-state index in [2.05, 4.69) is 37.0 Å². The van der Waals surface area contributed by atoms with Gasteiger partial charge in [-0.3, -0.25) is 4.99 Å². The summed E-state index contributed by atoms with van der Waals surface area (Å²) in [6.07, 6.45) is 4.36. The monoisotopic (exact) mass is 245 g/mol. The van der Waals surface area contributed by atoms with Crippen LogP contribution in [0.4, 0.5) is 0 Å². The lowest BCUT2D eigenvalue weighted by molar-refractivity contribution is 0.414. The van der Waals surface area contributed by atoms with E-state index in [1.807, 2.05) is 19.9 Å². The summed E-state index contributed by atoms with van der Waals surface area (Å²) in [5.41, 5.74) is 4.71. The van der Waals surface area contributed by atoms with Crippen molar-refractivity contribution in [3.05, 3.63) is 35.4 Å². The highest BCUT2D eigenvalue weighted by atomic mass is 16.5. The Morgan fingerprint density at radius 3 is 2.50 bits per heavy atom. The molecule has 0 atom stereocenters. The second kappa shape index (κ2) is 7.00. The molecule has 0 fully saturated rings. The minimum Gasteiger partial charge on any atom is -0.497 e. The van der Waals surface area contributed by atoms with Gasteiger partial charge in [0.25, 0.3) is 0 Å². The van der Waals surface area contributed by atoms with Gasteiger partial charge in [-0.05, 0) is 44.4 Å². The Morgan fingerprint density at radius 2 is 1.89 bits per heavy atom. The smallest absolute Gasteiger partial charge is 0.119 e. The van der Waals surface area contributed by atoms with Crippen LogP contribution in [0.3, 0.4) is 0 Å². The molecule has 0 bridgehead atoms. The molecule has 2 nitrogen and oxygen atoms in total. The lowest BCUT2D eigenvalue weighted by Gasteiger charge is -2.13. The molecule has 0 radical (unpaired) electrons. The van der Waals surface area contributed by atoms with E-state index in [9.17, 15) is 0 Å². The van der Waals surface area contributed by atoms with Crippen LogP contribution in [0, 0.1) is 6.92 Å². The minimum absolute atomic E-state index is 0.889. The van der Waals surface area contributed by atoms with E-state index in [0.29, 0.717) is 0 Å². The Labute approximate surface area is 110 Å². The van der Waals surface area contributed by atoms with Gasteiger partial charge in [0.1, 0.15) is 5.75 Å². The van der Waals surface area contributed by atoms with E-state index >= 15 is 0 Å². The van der Waals surface area contributed by atoms with Crippen LogP contribution in [0.25, 0.3) is 5.70 Å². The normalized spacial score (nSPS) is 14.1. The summed E-state index contributed by atoms with van der Waals surface area (Å²) in [7, 11) is 1.69. The summed E-state index contributed by atoms with van der Waals surface area (Å²) in [5.74, 6) is 0.889. The predicted molar refractivity (Wildman–Crippen MR) is 79.4 cm³/mol. The molecule has 0 aromatic heterocycles. The van der Waals surface area contributed by atoms with Crippen molar-refractivity contribution in [2.45, 2.75) is 40.5 Å². The second-order valence-corrected chi connectivity index (χ2v) is 4.16. The first-order valence-corrected chi connectivity index (χ1v) is 6.60. The van der Waals surface area contributed by atoms with Crippen LogP contribution in [-0.2, 0) is 0 Å². The molecule has 2 rings (SSSR count). The quantitative estimate of drug-likeness (QED) is 0.744. The summed E-state index contributed by atoms with van der Waals surface area (Å²) in [4.78, 5) is 4.61. The molecule has 1 aromatic carbocycles. The van der Waals surface area contributed by atoms with Crippen molar-refractivity contribution in [1.29, 1.82) is 0 Å². The minimum atomic E-state index is 0.889. The zero-order chi connectivity index (χ0) is 13.5. The van der Waals surface area contributed by atoms with E-state index in [0.717, 1.165) is 24.3 Å². The fourth-order valence-corrected chi connectivity index (χ4v) is 1.90. The highest BCUT2D eigenvalue weighted by Crippen LogP contribution is 2.27. The largest absolute Gasteiger partial charge is 0.497 e. The molecule has 0 spiro atoms. The van der Waals surface area contributed by atoms with Gasteiger partial charge in [0.15, 0.2) is 0 Å². The molecule has 0 saturated heterocycles. The summed E-state index contributed by atoms with van der Waals surface area (Å²) in [5, 5.41) is 0. The molecule has 0 unspecified atom stereocenters. The SMILES string of the molecule is CC.COc1ccc(C)c(C2=CCCC(C)=N2)c1. The maximum Gasteiger partial charge on any atom is 0.119 e. The van der Waals surface area contributed by atoms with Crippen LogP contribution < -0.4 is 4.74 Å². The highest BCUT2D eigenvalue weighted by molar-refractivity contribution is 5.90. The Kier molecular flexibility index (Phi) is 5.63. The number of hydrogen-bond donors (Lipinski definition) is 0. The van der Waals surface area contributed by atoms with Gasteiger partial charge in [-0.1, -0.05) is 26.0 Å². The van der Waals surface area contributed by atoms with E-state index in [1.54, 1.807) is 7.11 Å². The molecule has 0 saturated carbocycles. The van der Waals surface area contributed by atoms with Gasteiger partial charge >= 0.3 is 0 Å². The molecule has 0 amide bonds. The fourth-order valence-electron chi connectivity index (χ4n) is 1.90. The molecular formula is C16H23NO. The first-order chi connectivity index (χ1) is 8.70. The van der Waals surface area contributed by atoms with Gasteiger partial charge in [-0.25, -0.2) is 0 Å². The number of benzene rings is 1. The molecule has 1 aliphatic rings. The molecule has 2 heteroatoms. The number of aliphatic imine (C=N–C) groups is 1. The molecule has 0 aliphatic carbocycles. The van der Waals surface area contributed by atoms with Crippen molar-refractivity contribution in [1.82, 2.24) is 0 Å². The number of methoxy groups -OCH3 is 1. The lowest BCUT2D eigenvalue weighted by atomic mass is 10.0. The van der Waals surface area contributed by atoms with E-state index in [1.165, 1.54) is 16.8 Å². The average molecular weight is 245 g/mol. The van der Waals surface area contributed by atoms with E-state index in [4.69, 9.17) is 4.74 Å². The van der Waals surface area contributed by atoms with Crippen molar-refractivity contribution in [3.8, 4) is 5.75 Å². The Hall–Kier alpha value is -1.57. The summed E-state index contributed by atoms with van der Waals surface area (Å²) in [6.45, 7) is 8.19. The van der Waals surface area contributed by atoms with E-state index in [-0.39, 0.29) is 0 Å². The van der Waals surface area contributed by atoms with Crippen LogP contribution in [0.15, 0.2) is 29.3 Å². The lowest BCUT2D eigenvalue weighted by Crippen LogP contribution is -1.99. The van der Waals surface area contributed by atoms with E-state index < -0.39 is 0 Å². The van der Waals surface area contributed by atoms with Gasteiger partial charge in [0.05, 0.1) is 12.8 Å². The molecule has 1 aromatic rings. The number of aryl methyl sites for hydroxylation is 1. The van der Waals surface area contributed by atoms with Crippen molar-refractivity contribution >= 4 is 11.4 Å². The number of hydrogen-bond acceptors (Lipinski definition) is 2. The van der Waals surface area contributed by atoms with Crippen LogP contribution in [0.2, 0.25) is 0 Å². The predicted octanol–water partition coefficient (Wildman–Crippen LogP) is 4.63. The van der Waals surface area contributed by atoms with Crippen molar-refractivity contribution in [2.75, 3.05) is 7.11 Å². The maximum absolute atomic E-state index is 5.25. The molecular weight excluding hydrogens is 222 g/mol. The second-order valence-electron chi connectivity index (χ2n) is 4.16. The Morgan fingerprint density at radius 1 is 1.17 bits per heavy atom. The molecule has 18 heavy (non-hydrogen) atoms.